The van der Waals surface area contributed by atoms with Crippen molar-refractivity contribution in [2.24, 2.45) is 0 Å². The Bertz CT molecular complexity index is 837. The number of benzene rings is 1. The van der Waals surface area contributed by atoms with Gasteiger partial charge >= 0.3 is 6.03 Å². The Morgan fingerprint density at radius 3 is 2.63 bits per heavy atom. The SMILES string of the molecule is COCCNc1cc(O[C@H]2CC[C@@H](NC(=O)Nc3ccc(C)c(C)c3)CC2)ncn1. The van der Waals surface area contributed by atoms with Crippen molar-refractivity contribution in [3.63, 3.8) is 0 Å². The van der Waals surface area contributed by atoms with E-state index in [1.807, 2.05) is 25.1 Å². The maximum Gasteiger partial charge on any atom is 0.319 e. The molecule has 3 rings (SSSR count). The van der Waals surface area contributed by atoms with E-state index in [2.05, 4.69) is 32.8 Å². The summed E-state index contributed by atoms with van der Waals surface area (Å²) in [4.78, 5) is 20.7. The summed E-state index contributed by atoms with van der Waals surface area (Å²) in [5.74, 6) is 1.28. The van der Waals surface area contributed by atoms with E-state index in [0.717, 1.165) is 42.8 Å². The number of nitrogens with zero attached hydrogens (tertiary/aromatic N) is 2. The summed E-state index contributed by atoms with van der Waals surface area (Å²) in [6, 6.07) is 7.71. The number of carbonyl (C=O) groups excluding carboxylic acids is 1. The Morgan fingerprint density at radius 1 is 1.10 bits per heavy atom. The van der Waals surface area contributed by atoms with Crippen molar-refractivity contribution in [3.05, 3.63) is 41.7 Å². The zero-order chi connectivity index (χ0) is 21.3. The summed E-state index contributed by atoms with van der Waals surface area (Å²) in [5, 5.41) is 9.16. The molecule has 1 aliphatic rings. The molecule has 2 aromatic rings. The van der Waals surface area contributed by atoms with Crippen molar-refractivity contribution < 1.29 is 14.3 Å². The first-order valence-electron chi connectivity index (χ1n) is 10.4. The van der Waals surface area contributed by atoms with E-state index in [-0.39, 0.29) is 18.2 Å². The summed E-state index contributed by atoms with van der Waals surface area (Å²) < 4.78 is 11.0. The molecule has 3 N–H and O–H groups in total. The first-order chi connectivity index (χ1) is 14.5. The molecule has 0 radical (unpaired) electrons. The summed E-state index contributed by atoms with van der Waals surface area (Å²) in [5.41, 5.74) is 3.18. The van der Waals surface area contributed by atoms with Crippen molar-refractivity contribution in [2.75, 3.05) is 30.9 Å². The molecule has 1 heterocycles. The topological polar surface area (TPSA) is 97.4 Å². The van der Waals surface area contributed by atoms with Crippen LogP contribution in [-0.4, -0.2) is 48.4 Å². The third-order valence-corrected chi connectivity index (χ3v) is 5.32. The second kappa shape index (κ2) is 10.8. The number of carbonyl (C=O) groups is 1. The Hall–Kier alpha value is -2.87. The van der Waals surface area contributed by atoms with Gasteiger partial charge in [0.25, 0.3) is 0 Å². The van der Waals surface area contributed by atoms with Gasteiger partial charge in [0.1, 0.15) is 18.2 Å². The van der Waals surface area contributed by atoms with E-state index in [1.54, 1.807) is 13.2 Å². The molecule has 8 nitrogen and oxygen atoms in total. The standard InChI is InChI=1S/C22H31N5O3/c1-15-4-5-18(12-16(15)2)27-22(28)26-17-6-8-19(9-7-17)30-21-13-20(24-14-25-21)23-10-11-29-3/h4-5,12-14,17,19H,6-11H2,1-3H3,(H,23,24,25)(H2,26,27,28)/t17-,19+. The maximum absolute atomic E-state index is 12.3. The molecule has 0 spiro atoms. The van der Waals surface area contributed by atoms with Gasteiger partial charge in [-0.25, -0.2) is 14.8 Å². The van der Waals surface area contributed by atoms with E-state index in [0.29, 0.717) is 19.0 Å². The van der Waals surface area contributed by atoms with Crippen molar-refractivity contribution in [3.8, 4) is 5.88 Å². The van der Waals surface area contributed by atoms with E-state index in [1.165, 1.54) is 11.9 Å². The zero-order valence-corrected chi connectivity index (χ0v) is 17.9. The third-order valence-electron chi connectivity index (χ3n) is 5.32. The predicted octanol–water partition coefficient (Wildman–Crippen LogP) is 3.66. The van der Waals surface area contributed by atoms with Crippen LogP contribution in [0.1, 0.15) is 36.8 Å². The van der Waals surface area contributed by atoms with Crippen molar-refractivity contribution in [2.45, 2.75) is 51.7 Å². The van der Waals surface area contributed by atoms with E-state index in [9.17, 15) is 4.79 Å². The molecule has 1 aromatic heterocycles. The third kappa shape index (κ3) is 6.59. The molecule has 0 atom stereocenters. The average Bonchev–Trinajstić information content (AvgIpc) is 2.73. The molecule has 2 amide bonds. The van der Waals surface area contributed by atoms with Gasteiger partial charge in [0, 0.05) is 31.5 Å². The monoisotopic (exact) mass is 413 g/mol. The van der Waals surface area contributed by atoms with Gasteiger partial charge in [-0.15, -0.1) is 0 Å². The van der Waals surface area contributed by atoms with E-state index in [4.69, 9.17) is 9.47 Å². The second-order valence-corrected chi connectivity index (χ2v) is 7.65. The van der Waals surface area contributed by atoms with Crippen LogP contribution in [0.5, 0.6) is 5.88 Å². The highest BCUT2D eigenvalue weighted by Crippen LogP contribution is 2.24. The number of hydrogen-bond acceptors (Lipinski definition) is 6. The number of anilines is 2. The van der Waals surface area contributed by atoms with Gasteiger partial charge in [0.2, 0.25) is 5.88 Å². The summed E-state index contributed by atoms with van der Waals surface area (Å²) in [7, 11) is 1.66. The lowest BCUT2D eigenvalue weighted by Crippen LogP contribution is -2.41. The molecular formula is C22H31N5O3. The number of hydrogen-bond donors (Lipinski definition) is 3. The van der Waals surface area contributed by atoms with Crippen molar-refractivity contribution in [1.29, 1.82) is 0 Å². The number of aryl methyl sites for hydroxylation is 2. The predicted molar refractivity (Wildman–Crippen MR) is 117 cm³/mol. The molecule has 1 aromatic carbocycles. The summed E-state index contributed by atoms with van der Waals surface area (Å²) >= 11 is 0. The Balaban J connectivity index is 1.42. The fourth-order valence-electron chi connectivity index (χ4n) is 3.45. The zero-order valence-electron chi connectivity index (χ0n) is 17.9. The highest BCUT2D eigenvalue weighted by Gasteiger charge is 2.24. The van der Waals surface area contributed by atoms with Crippen LogP contribution in [0.15, 0.2) is 30.6 Å². The molecule has 1 aliphatic carbocycles. The van der Waals surface area contributed by atoms with E-state index < -0.39 is 0 Å². The number of ether oxygens (including phenoxy) is 2. The Morgan fingerprint density at radius 2 is 1.90 bits per heavy atom. The van der Waals surface area contributed by atoms with Gasteiger partial charge in [-0.1, -0.05) is 6.07 Å². The summed E-state index contributed by atoms with van der Waals surface area (Å²) in [6.07, 6.45) is 5.06. The largest absolute Gasteiger partial charge is 0.474 e. The van der Waals surface area contributed by atoms with Gasteiger partial charge in [-0.05, 0) is 62.8 Å². The smallest absolute Gasteiger partial charge is 0.319 e. The van der Waals surface area contributed by atoms with Crippen LogP contribution in [0.2, 0.25) is 0 Å². The quantitative estimate of drug-likeness (QED) is 0.572. The second-order valence-electron chi connectivity index (χ2n) is 7.65. The Labute approximate surface area is 177 Å². The minimum atomic E-state index is -0.162. The van der Waals surface area contributed by atoms with Crippen LogP contribution in [0.3, 0.4) is 0 Å². The number of methoxy groups -OCH3 is 1. The fraction of sp³-hybridized carbons (Fsp3) is 0.500. The number of amides is 2. The van der Waals surface area contributed by atoms with Gasteiger partial charge in [-0.2, -0.15) is 0 Å². The van der Waals surface area contributed by atoms with Gasteiger partial charge in [0.05, 0.1) is 6.61 Å². The molecule has 162 valence electrons. The lowest BCUT2D eigenvalue weighted by molar-refractivity contribution is 0.135. The van der Waals surface area contributed by atoms with Crippen LogP contribution >= 0.6 is 0 Å². The molecular weight excluding hydrogens is 382 g/mol. The number of nitrogens with one attached hydrogen (secondary N) is 3. The molecule has 8 heteroatoms. The van der Waals surface area contributed by atoms with Crippen molar-refractivity contribution >= 4 is 17.5 Å². The minimum absolute atomic E-state index is 0.0904. The van der Waals surface area contributed by atoms with Gasteiger partial charge < -0.3 is 25.4 Å². The fourth-order valence-corrected chi connectivity index (χ4v) is 3.45. The van der Waals surface area contributed by atoms with Crippen LogP contribution in [-0.2, 0) is 4.74 Å². The highest BCUT2D eigenvalue weighted by atomic mass is 16.5. The van der Waals surface area contributed by atoms with Crippen molar-refractivity contribution in [1.82, 2.24) is 15.3 Å². The highest BCUT2D eigenvalue weighted by molar-refractivity contribution is 5.89. The minimum Gasteiger partial charge on any atom is -0.474 e. The number of rotatable bonds is 8. The first-order valence-corrected chi connectivity index (χ1v) is 10.4. The average molecular weight is 414 g/mol. The first kappa shape index (κ1) is 21.8. The lowest BCUT2D eigenvalue weighted by atomic mass is 9.93. The Kier molecular flexibility index (Phi) is 7.84. The molecule has 0 unspecified atom stereocenters. The molecule has 30 heavy (non-hydrogen) atoms. The van der Waals surface area contributed by atoms with Crippen LogP contribution < -0.4 is 20.7 Å². The maximum atomic E-state index is 12.3. The van der Waals surface area contributed by atoms with Crippen LogP contribution in [0.4, 0.5) is 16.3 Å². The summed E-state index contributed by atoms with van der Waals surface area (Å²) in [6.45, 7) is 5.37. The van der Waals surface area contributed by atoms with Gasteiger partial charge in [-0.3, -0.25) is 0 Å². The molecule has 0 aliphatic heterocycles. The molecule has 0 saturated heterocycles. The lowest BCUT2D eigenvalue weighted by Gasteiger charge is -2.29. The van der Waals surface area contributed by atoms with E-state index >= 15 is 0 Å². The van der Waals surface area contributed by atoms with Crippen LogP contribution in [0.25, 0.3) is 0 Å². The molecule has 1 fully saturated rings. The van der Waals surface area contributed by atoms with Gasteiger partial charge in [0.15, 0.2) is 0 Å². The van der Waals surface area contributed by atoms with Crippen LogP contribution in [0, 0.1) is 13.8 Å². The normalized spacial score (nSPS) is 18.5. The molecule has 1 saturated carbocycles. The number of urea groups is 1. The molecule has 0 bridgehead atoms. The number of aromatic nitrogens is 2.